The molecule has 228 valence electrons. The van der Waals surface area contributed by atoms with Gasteiger partial charge in [-0.05, 0) is 111 Å². The Hall–Kier alpha value is -1.48. The Bertz CT molecular complexity index is 1190. The van der Waals surface area contributed by atoms with Crippen molar-refractivity contribution in [2.75, 3.05) is 0 Å². The molecular weight excluding hydrogens is 524 g/mol. The van der Waals surface area contributed by atoms with Crippen molar-refractivity contribution >= 4 is 0 Å². The lowest BCUT2D eigenvalue weighted by molar-refractivity contribution is -0.290. The molecule has 7 atom stereocenters. The minimum atomic E-state index is -5.55. The summed E-state index contributed by atoms with van der Waals surface area (Å²) in [5, 5.41) is 40.6. The monoisotopic (exact) mass is 578 g/mol. The lowest BCUT2D eigenvalue weighted by atomic mass is 9.55. The zero-order chi connectivity index (χ0) is 35.1. The van der Waals surface area contributed by atoms with E-state index in [-0.39, 0.29) is 49.0 Å². The quantitative estimate of drug-likeness (QED) is 0.172. The van der Waals surface area contributed by atoms with E-state index in [1.165, 1.54) is 0 Å². The Kier molecular flexibility index (Phi) is 7.53. The molecule has 4 N–H and O–H groups in total. The lowest BCUT2D eigenvalue weighted by Crippen LogP contribution is -2.42. The van der Waals surface area contributed by atoms with Crippen LogP contribution >= 0.6 is 0 Å². The average Bonchev–Trinajstić information content (AvgIpc) is 3.26. The zero-order valence-corrected chi connectivity index (χ0v) is 23.4. The number of aliphatic hydroxyl groups excluding tert-OH is 2. The number of hydrogen-bond acceptors (Lipinski definition) is 4. The number of hydrogen-bond donors (Lipinski definition) is 4. The number of rotatable bonds is 9. The predicted molar refractivity (Wildman–Crippen MR) is 149 cm³/mol. The van der Waals surface area contributed by atoms with E-state index in [2.05, 4.69) is 13.5 Å². The third-order valence-corrected chi connectivity index (χ3v) is 9.68. The van der Waals surface area contributed by atoms with Gasteiger partial charge in [0.15, 0.2) is 0 Å². The van der Waals surface area contributed by atoms with E-state index in [9.17, 15) is 38.0 Å². The number of halogens is 4. The summed E-state index contributed by atoms with van der Waals surface area (Å²) < 4.78 is 99.4. The first-order valence-electron chi connectivity index (χ1n) is 17.1. The number of allylic oxidation sites excluding steroid dienone is 4. The molecule has 0 radical (unpaired) electrons. The van der Waals surface area contributed by atoms with Crippen LogP contribution in [0.3, 0.4) is 0 Å². The molecular formula is C32H48F4O4. The van der Waals surface area contributed by atoms with Crippen LogP contribution < -0.4 is 0 Å². The van der Waals surface area contributed by atoms with Crippen LogP contribution in [-0.4, -0.2) is 50.3 Å². The van der Waals surface area contributed by atoms with Crippen LogP contribution in [-0.2, 0) is 0 Å². The summed E-state index contributed by atoms with van der Waals surface area (Å²) in [5.74, 6) is -4.63. The highest BCUT2D eigenvalue weighted by Crippen LogP contribution is 2.63. The Morgan fingerprint density at radius 3 is 2.45 bits per heavy atom. The standard InChI is InChI=1S/C32H48F4O4/c1-21-23(19-24(37)20-26(21)38)11-10-22-9-6-17-30(5)25(22)12-13-27(30)29(4,15-7-14-28(2,3)39)16-8-18-31(33,40)32(34,35)36/h8,10-11,18,24-27,37-40H,1,6-7,9,12-17,19-20H2,2-5H3/t24-,25?,26+,27-,29-,30+,31?/m1/s1/i2D3,3D3. The molecule has 40 heavy (non-hydrogen) atoms. The maximum Gasteiger partial charge on any atom is 0.452 e. The van der Waals surface area contributed by atoms with Gasteiger partial charge in [0.05, 0.1) is 17.8 Å². The SMILES string of the molecule is [2H]C([2H])([2H])C(O)(CCC[C@](C)(CC=CC(O)(F)C(F)(F)F)[C@H]1CCC2C(=CC=C3C[C@@H](O)C[C@H](O)C3=C)CCC[C@@]21C)C([2H])([2H])[2H]. The van der Waals surface area contributed by atoms with Crippen LogP contribution in [0.5, 0.6) is 0 Å². The van der Waals surface area contributed by atoms with Gasteiger partial charge in [-0.15, -0.1) is 0 Å². The molecule has 4 nitrogen and oxygen atoms in total. The molecule has 0 amide bonds. The molecule has 3 saturated carbocycles. The fourth-order valence-electron chi connectivity index (χ4n) is 7.60. The predicted octanol–water partition coefficient (Wildman–Crippen LogP) is 7.24. The first-order valence-corrected chi connectivity index (χ1v) is 14.1. The Balaban J connectivity index is 1.95. The van der Waals surface area contributed by atoms with E-state index < -0.39 is 55.4 Å². The summed E-state index contributed by atoms with van der Waals surface area (Å²) in [7, 11) is 0. The third kappa shape index (κ3) is 7.47. The molecule has 0 aliphatic heterocycles. The van der Waals surface area contributed by atoms with E-state index in [1.54, 1.807) is 6.92 Å². The van der Waals surface area contributed by atoms with Crippen LogP contribution in [0.4, 0.5) is 17.6 Å². The first-order chi connectivity index (χ1) is 20.8. The van der Waals surface area contributed by atoms with Crippen LogP contribution in [0.25, 0.3) is 0 Å². The van der Waals surface area contributed by atoms with Crippen molar-refractivity contribution in [2.24, 2.45) is 22.7 Å². The summed E-state index contributed by atoms with van der Waals surface area (Å²) in [6, 6.07) is 0. The average molecular weight is 579 g/mol. The van der Waals surface area contributed by atoms with E-state index in [0.29, 0.717) is 18.4 Å². The largest absolute Gasteiger partial charge is 0.452 e. The molecule has 2 unspecified atom stereocenters. The summed E-state index contributed by atoms with van der Waals surface area (Å²) in [5.41, 5.74) is -1.77. The van der Waals surface area contributed by atoms with Crippen LogP contribution in [0, 0.1) is 22.7 Å². The normalized spacial score (nSPS) is 38.1. The van der Waals surface area contributed by atoms with Crippen molar-refractivity contribution in [3.63, 3.8) is 0 Å². The van der Waals surface area contributed by atoms with Gasteiger partial charge >= 0.3 is 12.0 Å². The minimum absolute atomic E-state index is 0.0689. The highest BCUT2D eigenvalue weighted by molar-refractivity contribution is 5.38. The van der Waals surface area contributed by atoms with Crippen LogP contribution in [0.2, 0.25) is 0 Å². The molecule has 3 fully saturated rings. The van der Waals surface area contributed by atoms with Gasteiger partial charge in [0.2, 0.25) is 0 Å². The third-order valence-electron chi connectivity index (χ3n) is 9.68. The van der Waals surface area contributed by atoms with E-state index in [1.807, 2.05) is 12.2 Å². The summed E-state index contributed by atoms with van der Waals surface area (Å²) in [6.07, 6.45) is 1.55. The molecule has 0 aromatic carbocycles. The van der Waals surface area contributed by atoms with Crippen molar-refractivity contribution < 1.29 is 46.2 Å². The zero-order valence-electron chi connectivity index (χ0n) is 29.4. The van der Waals surface area contributed by atoms with Crippen molar-refractivity contribution in [2.45, 2.75) is 128 Å². The van der Waals surface area contributed by atoms with E-state index in [4.69, 9.17) is 8.22 Å². The number of fused-ring (bicyclic) bond motifs is 1. The highest BCUT2D eigenvalue weighted by atomic mass is 19.4. The van der Waals surface area contributed by atoms with E-state index in [0.717, 1.165) is 42.9 Å². The molecule has 3 rings (SSSR count). The van der Waals surface area contributed by atoms with Gasteiger partial charge < -0.3 is 20.4 Å². The molecule has 0 aromatic heterocycles. The van der Waals surface area contributed by atoms with Gasteiger partial charge in [0, 0.05) is 14.6 Å². The van der Waals surface area contributed by atoms with Gasteiger partial charge in [-0.1, -0.05) is 50.6 Å². The van der Waals surface area contributed by atoms with Crippen molar-refractivity contribution in [3.05, 3.63) is 47.6 Å². The number of alkyl halides is 4. The molecule has 3 aliphatic carbocycles. The molecule has 0 spiro atoms. The lowest BCUT2D eigenvalue weighted by Gasteiger charge is -2.49. The maximum atomic E-state index is 14.1. The summed E-state index contributed by atoms with van der Waals surface area (Å²) in [4.78, 5) is 0. The maximum absolute atomic E-state index is 14.1. The second-order valence-electron chi connectivity index (χ2n) is 12.8. The molecule has 0 aromatic rings. The summed E-state index contributed by atoms with van der Waals surface area (Å²) in [6.45, 7) is 1.44. The van der Waals surface area contributed by atoms with Crippen LogP contribution in [0.1, 0.15) is 106 Å². The fraction of sp³-hybridized carbons (Fsp3) is 0.750. The topological polar surface area (TPSA) is 80.9 Å². The van der Waals surface area contributed by atoms with Crippen molar-refractivity contribution in [1.29, 1.82) is 0 Å². The Morgan fingerprint density at radius 1 is 1.10 bits per heavy atom. The van der Waals surface area contributed by atoms with Crippen molar-refractivity contribution in [1.82, 2.24) is 0 Å². The van der Waals surface area contributed by atoms with E-state index >= 15 is 0 Å². The van der Waals surface area contributed by atoms with Gasteiger partial charge in [-0.25, -0.2) is 0 Å². The van der Waals surface area contributed by atoms with Gasteiger partial charge in [0.1, 0.15) is 0 Å². The summed E-state index contributed by atoms with van der Waals surface area (Å²) >= 11 is 0. The molecule has 8 heteroatoms. The van der Waals surface area contributed by atoms with Gasteiger partial charge in [-0.2, -0.15) is 17.6 Å². The van der Waals surface area contributed by atoms with Crippen LogP contribution in [0.15, 0.2) is 47.6 Å². The molecule has 0 saturated heterocycles. The molecule has 0 bridgehead atoms. The highest BCUT2D eigenvalue weighted by Gasteiger charge is 2.56. The smallest absolute Gasteiger partial charge is 0.393 e. The van der Waals surface area contributed by atoms with Crippen molar-refractivity contribution in [3.8, 4) is 0 Å². The Labute approximate surface area is 245 Å². The first kappa shape index (κ1) is 25.1. The molecule has 3 aliphatic rings. The fourth-order valence-corrected chi connectivity index (χ4v) is 7.60. The minimum Gasteiger partial charge on any atom is -0.393 e. The second kappa shape index (κ2) is 12.0. The van der Waals surface area contributed by atoms with Gasteiger partial charge in [-0.3, -0.25) is 0 Å². The molecule has 0 heterocycles. The van der Waals surface area contributed by atoms with Gasteiger partial charge in [0.25, 0.3) is 0 Å². The second-order valence-corrected chi connectivity index (χ2v) is 12.8. The Morgan fingerprint density at radius 2 is 1.80 bits per heavy atom. The number of aliphatic hydroxyl groups is 4.